The van der Waals surface area contributed by atoms with Gasteiger partial charge < -0.3 is 15.4 Å². The third-order valence-electron chi connectivity index (χ3n) is 5.02. The van der Waals surface area contributed by atoms with Gasteiger partial charge in [-0.15, -0.1) is 0 Å². The van der Waals surface area contributed by atoms with Gasteiger partial charge >= 0.3 is 0 Å². The van der Waals surface area contributed by atoms with Crippen molar-refractivity contribution in [3.8, 4) is 0 Å². The standard InChI is InChI=1S/C19H26N2O2/c22-13-15(10-14-4-2-1-3-5-14)12-21-19(23)17-7-6-16-8-9-20-18(16)11-17/h6-9,11,14-15,20,22H,1-5,10,12-13H2,(H,21,23). The zero-order chi connectivity index (χ0) is 16.1. The van der Waals surface area contributed by atoms with Gasteiger partial charge in [-0.1, -0.05) is 38.2 Å². The maximum Gasteiger partial charge on any atom is 0.251 e. The minimum Gasteiger partial charge on any atom is -0.396 e. The number of amides is 1. The molecule has 1 atom stereocenters. The van der Waals surface area contributed by atoms with E-state index in [0.29, 0.717) is 18.0 Å². The molecule has 3 rings (SSSR count). The third kappa shape index (κ3) is 4.14. The molecular formula is C19H26N2O2. The number of aromatic amines is 1. The van der Waals surface area contributed by atoms with Crippen molar-refractivity contribution in [3.63, 3.8) is 0 Å². The minimum absolute atomic E-state index is 0.0661. The number of rotatable bonds is 6. The Morgan fingerprint density at radius 1 is 1.26 bits per heavy atom. The first kappa shape index (κ1) is 16.1. The van der Waals surface area contributed by atoms with Gasteiger partial charge in [-0.25, -0.2) is 0 Å². The highest BCUT2D eigenvalue weighted by molar-refractivity contribution is 5.97. The van der Waals surface area contributed by atoms with E-state index in [0.717, 1.165) is 17.3 Å². The topological polar surface area (TPSA) is 65.1 Å². The van der Waals surface area contributed by atoms with Crippen LogP contribution in [0, 0.1) is 11.8 Å². The molecule has 0 saturated heterocycles. The predicted octanol–water partition coefficient (Wildman–Crippen LogP) is 3.48. The fourth-order valence-corrected chi connectivity index (χ4v) is 3.64. The van der Waals surface area contributed by atoms with Crippen molar-refractivity contribution < 1.29 is 9.90 Å². The molecule has 1 saturated carbocycles. The quantitative estimate of drug-likeness (QED) is 0.764. The molecule has 4 nitrogen and oxygen atoms in total. The van der Waals surface area contributed by atoms with E-state index in [2.05, 4.69) is 10.3 Å². The number of carbonyl (C=O) groups is 1. The average molecular weight is 314 g/mol. The van der Waals surface area contributed by atoms with E-state index in [4.69, 9.17) is 0 Å². The first-order valence-electron chi connectivity index (χ1n) is 8.72. The SMILES string of the molecule is O=C(NCC(CO)CC1CCCCC1)c1ccc2cc[nH]c2c1. The van der Waals surface area contributed by atoms with Gasteiger partial charge in [-0.3, -0.25) is 4.79 Å². The molecule has 0 bridgehead atoms. The van der Waals surface area contributed by atoms with Crippen LogP contribution < -0.4 is 5.32 Å². The van der Waals surface area contributed by atoms with Gasteiger partial charge in [0, 0.05) is 30.4 Å². The van der Waals surface area contributed by atoms with Crippen LogP contribution in [0.3, 0.4) is 0 Å². The van der Waals surface area contributed by atoms with Gasteiger partial charge in [0.15, 0.2) is 0 Å². The van der Waals surface area contributed by atoms with Gasteiger partial charge in [-0.05, 0) is 41.8 Å². The van der Waals surface area contributed by atoms with Crippen molar-refractivity contribution in [2.24, 2.45) is 11.8 Å². The Kier molecular flexibility index (Phi) is 5.34. The number of hydrogen-bond donors (Lipinski definition) is 3. The lowest BCUT2D eigenvalue weighted by atomic mass is 9.83. The van der Waals surface area contributed by atoms with E-state index >= 15 is 0 Å². The number of carbonyl (C=O) groups excluding carboxylic acids is 1. The molecule has 124 valence electrons. The Bertz CT molecular complexity index is 644. The molecule has 1 amide bonds. The molecule has 0 aliphatic heterocycles. The second-order valence-corrected chi connectivity index (χ2v) is 6.78. The monoisotopic (exact) mass is 314 g/mol. The number of benzene rings is 1. The number of nitrogens with one attached hydrogen (secondary N) is 2. The first-order chi connectivity index (χ1) is 11.3. The third-order valence-corrected chi connectivity index (χ3v) is 5.02. The summed E-state index contributed by atoms with van der Waals surface area (Å²) in [5.41, 5.74) is 1.63. The summed E-state index contributed by atoms with van der Waals surface area (Å²) in [7, 11) is 0. The molecule has 4 heteroatoms. The van der Waals surface area contributed by atoms with Crippen LogP contribution in [0.15, 0.2) is 30.5 Å². The van der Waals surface area contributed by atoms with Crippen molar-refractivity contribution in [3.05, 3.63) is 36.0 Å². The molecule has 2 aromatic rings. The molecule has 1 unspecified atom stereocenters. The Hall–Kier alpha value is -1.81. The van der Waals surface area contributed by atoms with Crippen LogP contribution in [0.5, 0.6) is 0 Å². The zero-order valence-electron chi connectivity index (χ0n) is 13.6. The highest BCUT2D eigenvalue weighted by Gasteiger charge is 2.19. The van der Waals surface area contributed by atoms with Crippen LogP contribution in [0.1, 0.15) is 48.9 Å². The van der Waals surface area contributed by atoms with Crippen LogP contribution in [0.25, 0.3) is 10.9 Å². The van der Waals surface area contributed by atoms with E-state index in [1.54, 1.807) is 0 Å². The maximum atomic E-state index is 12.3. The van der Waals surface area contributed by atoms with Crippen LogP contribution in [-0.4, -0.2) is 29.1 Å². The first-order valence-corrected chi connectivity index (χ1v) is 8.72. The second-order valence-electron chi connectivity index (χ2n) is 6.78. The largest absolute Gasteiger partial charge is 0.396 e. The van der Waals surface area contributed by atoms with Crippen LogP contribution >= 0.6 is 0 Å². The van der Waals surface area contributed by atoms with E-state index in [9.17, 15) is 9.90 Å². The van der Waals surface area contributed by atoms with Gasteiger partial charge in [-0.2, -0.15) is 0 Å². The van der Waals surface area contributed by atoms with Gasteiger partial charge in [0.1, 0.15) is 0 Å². The van der Waals surface area contributed by atoms with Crippen molar-refractivity contribution >= 4 is 16.8 Å². The van der Waals surface area contributed by atoms with Crippen LogP contribution in [0.4, 0.5) is 0 Å². The summed E-state index contributed by atoms with van der Waals surface area (Å²) in [5, 5.41) is 13.7. The predicted molar refractivity (Wildman–Crippen MR) is 92.4 cm³/mol. The lowest BCUT2D eigenvalue weighted by Gasteiger charge is -2.25. The molecular weight excluding hydrogens is 288 g/mol. The fourth-order valence-electron chi connectivity index (χ4n) is 3.64. The van der Waals surface area contributed by atoms with Gasteiger partial charge in [0.2, 0.25) is 0 Å². The molecule has 1 aliphatic carbocycles. The lowest BCUT2D eigenvalue weighted by Crippen LogP contribution is -2.32. The van der Waals surface area contributed by atoms with Crippen LogP contribution in [-0.2, 0) is 0 Å². The molecule has 3 N–H and O–H groups in total. The lowest BCUT2D eigenvalue weighted by molar-refractivity contribution is 0.0933. The summed E-state index contributed by atoms with van der Waals surface area (Å²) >= 11 is 0. The summed E-state index contributed by atoms with van der Waals surface area (Å²) < 4.78 is 0. The molecule has 23 heavy (non-hydrogen) atoms. The van der Waals surface area contributed by atoms with Crippen molar-refractivity contribution in [2.45, 2.75) is 38.5 Å². The van der Waals surface area contributed by atoms with E-state index in [-0.39, 0.29) is 18.4 Å². The van der Waals surface area contributed by atoms with E-state index in [1.807, 2.05) is 30.5 Å². The highest BCUT2D eigenvalue weighted by atomic mass is 16.3. The Labute approximate surface area is 137 Å². The Balaban J connectivity index is 1.53. The molecule has 0 spiro atoms. The zero-order valence-corrected chi connectivity index (χ0v) is 13.6. The molecule has 1 aliphatic rings. The molecule has 0 radical (unpaired) electrons. The number of aliphatic hydroxyl groups is 1. The molecule has 1 aromatic heterocycles. The number of fused-ring (bicyclic) bond motifs is 1. The smallest absolute Gasteiger partial charge is 0.251 e. The van der Waals surface area contributed by atoms with Crippen molar-refractivity contribution in [2.75, 3.05) is 13.2 Å². The number of H-pyrrole nitrogens is 1. The van der Waals surface area contributed by atoms with Gasteiger partial charge in [0.25, 0.3) is 5.91 Å². The number of hydrogen-bond acceptors (Lipinski definition) is 2. The molecule has 1 fully saturated rings. The number of aromatic nitrogens is 1. The normalized spacial score (nSPS) is 17.3. The second kappa shape index (κ2) is 7.64. The van der Waals surface area contributed by atoms with Gasteiger partial charge in [0.05, 0.1) is 0 Å². The summed E-state index contributed by atoms with van der Waals surface area (Å²) in [6.45, 7) is 0.695. The Morgan fingerprint density at radius 2 is 2.09 bits per heavy atom. The van der Waals surface area contributed by atoms with E-state index < -0.39 is 0 Å². The molecule has 1 aromatic carbocycles. The average Bonchev–Trinajstić information content (AvgIpc) is 3.06. The maximum absolute atomic E-state index is 12.3. The fraction of sp³-hybridized carbons (Fsp3) is 0.526. The Morgan fingerprint density at radius 3 is 2.87 bits per heavy atom. The van der Waals surface area contributed by atoms with Crippen molar-refractivity contribution in [1.29, 1.82) is 0 Å². The summed E-state index contributed by atoms with van der Waals surface area (Å²) in [5.74, 6) is 0.813. The highest BCUT2D eigenvalue weighted by Crippen LogP contribution is 2.28. The van der Waals surface area contributed by atoms with Crippen LogP contribution in [0.2, 0.25) is 0 Å². The minimum atomic E-state index is -0.0661. The summed E-state index contributed by atoms with van der Waals surface area (Å²) in [6, 6.07) is 7.66. The van der Waals surface area contributed by atoms with Crippen molar-refractivity contribution in [1.82, 2.24) is 10.3 Å². The summed E-state index contributed by atoms with van der Waals surface area (Å²) in [6.07, 6.45) is 9.40. The number of aliphatic hydroxyl groups excluding tert-OH is 1. The molecule has 1 heterocycles. The van der Waals surface area contributed by atoms with E-state index in [1.165, 1.54) is 32.1 Å². The summed E-state index contributed by atoms with van der Waals surface area (Å²) in [4.78, 5) is 15.4.